The summed E-state index contributed by atoms with van der Waals surface area (Å²) in [6.07, 6.45) is 4.46. The zero-order valence-corrected chi connectivity index (χ0v) is 60.1. The third kappa shape index (κ3) is 19.4. The molecule has 11 aromatic carbocycles. The van der Waals surface area contributed by atoms with Crippen molar-refractivity contribution in [3.63, 3.8) is 0 Å². The molecule has 0 unspecified atom stereocenters. The van der Waals surface area contributed by atoms with Crippen LogP contribution in [-0.4, -0.2) is 81.3 Å². The second-order valence-corrected chi connectivity index (χ2v) is 26.0. The van der Waals surface area contributed by atoms with Gasteiger partial charge in [0.2, 0.25) is 23.6 Å². The molecule has 0 radical (unpaired) electrons. The molecule has 16 aromatic rings. The number of carbonyl (C=O) groups is 4. The summed E-state index contributed by atoms with van der Waals surface area (Å²) in [5, 5.41) is 41.3. The van der Waals surface area contributed by atoms with E-state index in [1.54, 1.807) is 53.7 Å². The molecule has 21 heteroatoms. The number of aromatic nitrogens is 9. The van der Waals surface area contributed by atoms with Crippen LogP contribution in [0.5, 0.6) is 0 Å². The standard InChI is InChI=1S/C24H21N3O2.C23H19N3O2.C22H17N3O2.C21H16N4O2/c1-27(16-18-7-3-2-4-8-18)22(28)15-17-11-13-19(14-12-17)23-20-9-5-6-10-21(20)24(29)26-25-23;27-21(24-15-17-6-2-1-3-7-17)14-16-10-12-18(13-11-16)22-19-8-4-5-9-20(19)23(28)26-25-22;26-20(23-17-6-2-1-3-7-17)14-15-10-12-16(13-11-15)21-18-8-4-5-9-19(18)22(27)25-24-21;26-19(23-16-4-3-11-22-13-16)12-14-7-9-15(10-8-14)20-17-5-1-2-6-18(17)21(27)25-24-20/h2-14H,15-16H2,1H3,(H,26,29);1-13H,14-15H2,(H,24,27)(H,26,28);1-13H,14H2,(H,23,26)(H,25,27);1-11,13H,12H2,(H,23,26)(H,25,27). The summed E-state index contributed by atoms with van der Waals surface area (Å²) in [5.41, 5.74) is 12.9. The molecule has 0 fully saturated rings. The topological polar surface area (TPSA) is 303 Å². The van der Waals surface area contributed by atoms with Crippen molar-refractivity contribution in [2.75, 3.05) is 17.7 Å². The number of hydrogen-bond donors (Lipinski definition) is 7. The number of para-hydroxylation sites is 1. The summed E-state index contributed by atoms with van der Waals surface area (Å²) >= 11 is 0. The molecular formula is C90H73N13O8. The Hall–Kier alpha value is -15.0. The Morgan fingerprint density at radius 1 is 0.306 bits per heavy atom. The summed E-state index contributed by atoms with van der Waals surface area (Å²) in [7, 11) is 1.82. The first kappa shape index (κ1) is 74.3. The number of benzene rings is 11. The van der Waals surface area contributed by atoms with E-state index in [-0.39, 0.29) is 58.7 Å². The van der Waals surface area contributed by atoms with Crippen LogP contribution in [0.4, 0.5) is 11.4 Å². The van der Waals surface area contributed by atoms with Gasteiger partial charge in [0.05, 0.1) is 81.9 Å². The van der Waals surface area contributed by atoms with E-state index in [4.69, 9.17) is 0 Å². The maximum Gasteiger partial charge on any atom is 0.272 e. The number of aromatic amines is 4. The van der Waals surface area contributed by atoms with Crippen molar-refractivity contribution in [3.05, 3.63) is 384 Å². The van der Waals surface area contributed by atoms with E-state index in [2.05, 4.69) is 61.7 Å². The summed E-state index contributed by atoms with van der Waals surface area (Å²) in [6, 6.07) is 92.9. The van der Waals surface area contributed by atoms with Crippen molar-refractivity contribution in [3.8, 4) is 45.0 Å². The molecule has 111 heavy (non-hydrogen) atoms. The molecule has 0 bridgehead atoms. The van der Waals surface area contributed by atoms with Crippen molar-refractivity contribution < 1.29 is 19.2 Å². The average Bonchev–Trinajstić information content (AvgIpc) is 0.808. The number of fused-ring (bicyclic) bond motifs is 4. The fraction of sp³-hybridized carbons (Fsp3) is 0.0778. The zero-order chi connectivity index (χ0) is 76.8. The second-order valence-electron chi connectivity index (χ2n) is 26.0. The van der Waals surface area contributed by atoms with Crippen LogP contribution in [0.1, 0.15) is 33.4 Å². The maximum absolute atomic E-state index is 12.6. The Kier molecular flexibility index (Phi) is 24.0. The molecule has 5 heterocycles. The van der Waals surface area contributed by atoms with E-state index in [1.165, 1.54) is 0 Å². The van der Waals surface area contributed by atoms with E-state index in [0.29, 0.717) is 64.6 Å². The number of likely N-dealkylation sites (N-methyl/N-ethyl adjacent to an activating group) is 1. The lowest BCUT2D eigenvalue weighted by Crippen LogP contribution is -2.27. The quantitative estimate of drug-likeness (QED) is 0.0421. The number of carbonyl (C=O) groups excluding carboxylic acids is 4. The van der Waals surface area contributed by atoms with Crippen LogP contribution in [0.2, 0.25) is 0 Å². The first-order chi connectivity index (χ1) is 54.2. The van der Waals surface area contributed by atoms with Gasteiger partial charge in [0, 0.05) is 75.8 Å². The minimum absolute atomic E-state index is 0.0239. The van der Waals surface area contributed by atoms with Crippen LogP contribution in [-0.2, 0) is 58.0 Å². The molecule has 546 valence electrons. The number of hydrogen-bond acceptors (Lipinski definition) is 13. The Balaban J connectivity index is 0.000000130. The van der Waals surface area contributed by atoms with Gasteiger partial charge in [-0.3, -0.25) is 43.3 Å². The number of nitrogens with zero attached hydrogens (tertiary/aromatic N) is 6. The van der Waals surface area contributed by atoms with Crippen molar-refractivity contribution >= 4 is 78.1 Å². The van der Waals surface area contributed by atoms with Gasteiger partial charge in [-0.15, -0.1) is 0 Å². The molecule has 0 aliphatic rings. The van der Waals surface area contributed by atoms with Gasteiger partial charge < -0.3 is 20.9 Å². The maximum atomic E-state index is 12.6. The third-order valence-corrected chi connectivity index (χ3v) is 18.2. The number of anilines is 2. The first-order valence-corrected chi connectivity index (χ1v) is 35.6. The molecular weight excluding hydrogens is 1390 g/mol. The molecule has 0 atom stereocenters. The summed E-state index contributed by atoms with van der Waals surface area (Å²) in [5.74, 6) is -0.136. The van der Waals surface area contributed by atoms with E-state index < -0.39 is 0 Å². The van der Waals surface area contributed by atoms with E-state index in [0.717, 1.165) is 94.3 Å². The van der Waals surface area contributed by atoms with Crippen LogP contribution in [0, 0.1) is 0 Å². The predicted octanol–water partition coefficient (Wildman–Crippen LogP) is 14.2. The molecule has 0 aliphatic carbocycles. The molecule has 0 saturated heterocycles. The predicted molar refractivity (Wildman–Crippen MR) is 435 cm³/mol. The molecule has 5 aromatic heterocycles. The van der Waals surface area contributed by atoms with Crippen molar-refractivity contribution in [2.24, 2.45) is 0 Å². The molecule has 4 amide bonds. The molecule has 0 spiro atoms. The number of pyridine rings is 1. The van der Waals surface area contributed by atoms with Crippen molar-refractivity contribution in [1.82, 2.24) is 56.0 Å². The lowest BCUT2D eigenvalue weighted by atomic mass is 10.0. The van der Waals surface area contributed by atoms with Gasteiger partial charge in [-0.1, -0.05) is 249 Å². The highest BCUT2D eigenvalue weighted by molar-refractivity contribution is 5.98. The van der Waals surface area contributed by atoms with E-state index in [9.17, 15) is 38.4 Å². The van der Waals surface area contributed by atoms with Gasteiger partial charge in [0.25, 0.3) is 22.2 Å². The monoisotopic (exact) mass is 1460 g/mol. The third-order valence-electron chi connectivity index (χ3n) is 18.2. The molecule has 21 nitrogen and oxygen atoms in total. The van der Waals surface area contributed by atoms with Gasteiger partial charge in [-0.05, 0) is 81.9 Å². The highest BCUT2D eigenvalue weighted by Crippen LogP contribution is 2.29. The minimum Gasteiger partial charge on any atom is -0.352 e. The number of amides is 4. The first-order valence-electron chi connectivity index (χ1n) is 35.6. The van der Waals surface area contributed by atoms with Gasteiger partial charge >= 0.3 is 0 Å². The second kappa shape index (κ2) is 35.9. The fourth-order valence-electron chi connectivity index (χ4n) is 12.5. The smallest absolute Gasteiger partial charge is 0.272 e. The van der Waals surface area contributed by atoms with Crippen LogP contribution < -0.4 is 38.2 Å². The highest BCUT2D eigenvalue weighted by Gasteiger charge is 2.17. The van der Waals surface area contributed by atoms with Gasteiger partial charge in [-0.2, -0.15) is 20.4 Å². The fourth-order valence-corrected chi connectivity index (χ4v) is 12.5. The van der Waals surface area contributed by atoms with Gasteiger partial charge in [-0.25, -0.2) is 20.4 Å². The number of H-pyrrole nitrogens is 4. The largest absolute Gasteiger partial charge is 0.352 e. The van der Waals surface area contributed by atoms with E-state index >= 15 is 0 Å². The van der Waals surface area contributed by atoms with Crippen LogP contribution >= 0.6 is 0 Å². The lowest BCUT2D eigenvalue weighted by Gasteiger charge is -2.17. The average molecular weight is 1460 g/mol. The molecule has 16 rings (SSSR count). The summed E-state index contributed by atoms with van der Waals surface area (Å²) in [6.45, 7) is 1.11. The van der Waals surface area contributed by atoms with E-state index in [1.807, 2.05) is 268 Å². The molecule has 0 saturated carbocycles. The minimum atomic E-state index is -0.210. The SMILES string of the molecule is CN(Cc1ccccc1)C(=O)Cc1ccc(-c2n[nH]c(=O)c3ccccc23)cc1.O=C(Cc1ccc(-c2n[nH]c(=O)c3ccccc23)cc1)NCc1ccccc1.O=C(Cc1ccc(-c2n[nH]c(=O)c3ccccc23)cc1)Nc1ccccc1.O=C(Cc1ccc(-c2n[nH]c(=O)c3ccccc23)cc1)Nc1cccnc1. The lowest BCUT2D eigenvalue weighted by molar-refractivity contribution is -0.129. The Morgan fingerprint density at radius 3 is 0.955 bits per heavy atom. The zero-order valence-electron chi connectivity index (χ0n) is 60.1. The van der Waals surface area contributed by atoms with Crippen LogP contribution in [0.3, 0.4) is 0 Å². The molecule has 7 N–H and O–H groups in total. The Bertz CT molecular complexity index is 6000. The number of nitrogens with one attached hydrogen (secondary N) is 7. The van der Waals surface area contributed by atoms with Crippen molar-refractivity contribution in [1.29, 1.82) is 0 Å². The van der Waals surface area contributed by atoms with Crippen molar-refractivity contribution in [2.45, 2.75) is 38.8 Å². The number of rotatable bonds is 18. The van der Waals surface area contributed by atoms with Gasteiger partial charge in [0.1, 0.15) is 0 Å². The van der Waals surface area contributed by atoms with Crippen LogP contribution in [0.25, 0.3) is 88.1 Å². The normalized spacial score (nSPS) is 10.7. The molecule has 0 aliphatic heterocycles. The van der Waals surface area contributed by atoms with Gasteiger partial charge in [0.15, 0.2) is 0 Å². The highest BCUT2D eigenvalue weighted by atomic mass is 16.2. The Labute approximate surface area is 635 Å². The summed E-state index contributed by atoms with van der Waals surface area (Å²) < 4.78 is 0. The van der Waals surface area contributed by atoms with Crippen LogP contribution in [0.15, 0.2) is 329 Å². The Morgan fingerprint density at radius 2 is 0.604 bits per heavy atom. The summed E-state index contributed by atoms with van der Waals surface area (Å²) in [4.78, 5) is 103.